The smallest absolute Gasteiger partial charge is 0.258 e. The zero-order chi connectivity index (χ0) is 13.0. The van der Waals surface area contributed by atoms with Crippen LogP contribution in [0.15, 0.2) is 42.7 Å². The number of aromatic nitrogens is 1. The van der Waals surface area contributed by atoms with Crippen molar-refractivity contribution >= 4 is 17.8 Å². The molecule has 0 bridgehead atoms. The van der Waals surface area contributed by atoms with Gasteiger partial charge in [0.05, 0.1) is 10.5 Å². The Bertz CT molecular complexity index is 611. The molecule has 0 atom stereocenters. The van der Waals surface area contributed by atoms with E-state index in [1.165, 1.54) is 36.7 Å². The molecular weight excluding hydrogens is 235 g/mol. The molecule has 0 aliphatic heterocycles. The minimum absolute atomic E-state index is 0.106. The van der Waals surface area contributed by atoms with Gasteiger partial charge in [-0.25, -0.2) is 4.39 Å². The maximum atomic E-state index is 13.4. The third-order valence-corrected chi connectivity index (χ3v) is 2.38. The highest BCUT2D eigenvalue weighted by molar-refractivity contribution is 5.73. The maximum Gasteiger partial charge on any atom is 0.294 e. The van der Waals surface area contributed by atoms with Gasteiger partial charge < -0.3 is 0 Å². The van der Waals surface area contributed by atoms with Crippen LogP contribution in [0.5, 0.6) is 0 Å². The highest BCUT2D eigenvalue weighted by Gasteiger charge is 2.10. The Morgan fingerprint density at radius 3 is 2.61 bits per heavy atom. The van der Waals surface area contributed by atoms with E-state index in [0.717, 1.165) is 0 Å². The van der Waals surface area contributed by atoms with Crippen LogP contribution >= 0.6 is 0 Å². The lowest BCUT2D eigenvalue weighted by atomic mass is 10.1. The van der Waals surface area contributed by atoms with E-state index in [9.17, 15) is 14.5 Å². The summed E-state index contributed by atoms with van der Waals surface area (Å²) >= 11 is 0. The van der Waals surface area contributed by atoms with Gasteiger partial charge >= 0.3 is 0 Å². The molecule has 0 saturated heterocycles. The highest BCUT2D eigenvalue weighted by Crippen LogP contribution is 2.19. The van der Waals surface area contributed by atoms with Gasteiger partial charge in [-0.15, -0.1) is 0 Å². The first-order valence-electron chi connectivity index (χ1n) is 5.19. The number of rotatable bonds is 3. The fraction of sp³-hybridized carbons (Fsp3) is 0. The lowest BCUT2D eigenvalue weighted by Gasteiger charge is -1.97. The molecule has 1 aromatic heterocycles. The lowest BCUT2D eigenvalue weighted by Crippen LogP contribution is -1.92. The molecule has 2 aromatic rings. The molecule has 1 aromatic carbocycles. The molecule has 0 fully saturated rings. The Morgan fingerprint density at radius 1 is 1.17 bits per heavy atom. The van der Waals surface area contributed by atoms with Crippen molar-refractivity contribution < 1.29 is 9.31 Å². The van der Waals surface area contributed by atoms with Crippen LogP contribution < -0.4 is 0 Å². The van der Waals surface area contributed by atoms with Crippen LogP contribution in [0.4, 0.5) is 10.1 Å². The average Bonchev–Trinajstić information content (AvgIpc) is 2.38. The van der Waals surface area contributed by atoms with Gasteiger partial charge in [-0.05, 0) is 18.2 Å². The second-order valence-corrected chi connectivity index (χ2v) is 3.55. The van der Waals surface area contributed by atoms with Crippen molar-refractivity contribution in [3.63, 3.8) is 0 Å². The van der Waals surface area contributed by atoms with Crippen molar-refractivity contribution in [2.45, 2.75) is 0 Å². The van der Waals surface area contributed by atoms with Crippen molar-refractivity contribution in [3.8, 4) is 0 Å². The first-order valence-corrected chi connectivity index (χ1v) is 5.19. The predicted molar refractivity (Wildman–Crippen MR) is 66.2 cm³/mol. The number of pyridine rings is 1. The number of nitrogens with zero attached hydrogens (tertiary/aromatic N) is 2. The summed E-state index contributed by atoms with van der Waals surface area (Å²) in [7, 11) is 0. The first-order chi connectivity index (χ1) is 8.68. The Labute approximate surface area is 103 Å². The predicted octanol–water partition coefficient (Wildman–Crippen LogP) is 3.30. The van der Waals surface area contributed by atoms with Crippen LogP contribution in [0.3, 0.4) is 0 Å². The number of hydrogen-bond donors (Lipinski definition) is 0. The van der Waals surface area contributed by atoms with Crippen LogP contribution in [0, 0.1) is 15.9 Å². The van der Waals surface area contributed by atoms with Crippen molar-refractivity contribution in [2.24, 2.45) is 0 Å². The van der Waals surface area contributed by atoms with Gasteiger partial charge in [-0.1, -0.05) is 24.3 Å². The summed E-state index contributed by atoms with van der Waals surface area (Å²) in [5, 5.41) is 10.8. The molecule has 0 spiro atoms. The van der Waals surface area contributed by atoms with E-state index in [0.29, 0.717) is 11.1 Å². The van der Waals surface area contributed by atoms with Crippen LogP contribution in [0.1, 0.15) is 11.1 Å². The Morgan fingerprint density at radius 2 is 1.89 bits per heavy atom. The Balaban J connectivity index is 2.35. The fourth-order valence-corrected chi connectivity index (χ4v) is 1.48. The minimum atomic E-state index is -0.520. The molecule has 0 unspecified atom stereocenters. The standard InChI is InChI=1S/C13H9FN2O2/c14-12-4-2-1-3-10(12)5-6-11-7-8-15-9-13(11)16(17)18/h1-9H/b6-5+. The molecule has 0 N–H and O–H groups in total. The second-order valence-electron chi connectivity index (χ2n) is 3.55. The summed E-state index contributed by atoms with van der Waals surface area (Å²) in [5.74, 6) is -0.370. The number of halogens is 1. The van der Waals surface area contributed by atoms with E-state index in [2.05, 4.69) is 4.98 Å². The normalized spacial score (nSPS) is 10.7. The Hall–Kier alpha value is -2.56. The minimum Gasteiger partial charge on any atom is -0.258 e. The monoisotopic (exact) mass is 244 g/mol. The van der Waals surface area contributed by atoms with E-state index in [-0.39, 0.29) is 11.5 Å². The summed E-state index contributed by atoms with van der Waals surface area (Å²) in [6.45, 7) is 0. The SMILES string of the molecule is O=[N+]([O-])c1cnccc1/C=C/c1ccccc1F. The van der Waals surface area contributed by atoms with Crippen LogP contribution in [0.2, 0.25) is 0 Å². The van der Waals surface area contributed by atoms with E-state index in [1.54, 1.807) is 18.2 Å². The van der Waals surface area contributed by atoms with Gasteiger partial charge in [0.15, 0.2) is 0 Å². The van der Waals surface area contributed by atoms with E-state index in [4.69, 9.17) is 0 Å². The average molecular weight is 244 g/mol. The van der Waals surface area contributed by atoms with Gasteiger partial charge in [0.1, 0.15) is 12.0 Å². The summed E-state index contributed by atoms with van der Waals surface area (Å²) in [4.78, 5) is 13.9. The number of nitro groups is 1. The molecule has 4 nitrogen and oxygen atoms in total. The molecule has 1 heterocycles. The zero-order valence-electron chi connectivity index (χ0n) is 9.29. The fourth-order valence-electron chi connectivity index (χ4n) is 1.48. The van der Waals surface area contributed by atoms with Gasteiger partial charge in [-0.3, -0.25) is 15.1 Å². The van der Waals surface area contributed by atoms with E-state index < -0.39 is 4.92 Å². The van der Waals surface area contributed by atoms with E-state index >= 15 is 0 Å². The molecule has 0 aliphatic rings. The first kappa shape index (κ1) is 11.9. The largest absolute Gasteiger partial charge is 0.294 e. The van der Waals surface area contributed by atoms with Gasteiger partial charge in [0, 0.05) is 11.8 Å². The van der Waals surface area contributed by atoms with Crippen molar-refractivity contribution in [2.75, 3.05) is 0 Å². The molecule has 18 heavy (non-hydrogen) atoms. The number of benzene rings is 1. The lowest BCUT2D eigenvalue weighted by molar-refractivity contribution is -0.385. The molecule has 0 aliphatic carbocycles. The summed E-state index contributed by atoms with van der Waals surface area (Å²) < 4.78 is 13.4. The third kappa shape index (κ3) is 2.57. The third-order valence-electron chi connectivity index (χ3n) is 2.38. The molecule has 2 rings (SSSR count). The Kier molecular flexibility index (Phi) is 3.43. The molecule has 0 saturated carbocycles. The molecular formula is C13H9FN2O2. The quantitative estimate of drug-likeness (QED) is 0.614. The number of hydrogen-bond acceptors (Lipinski definition) is 3. The topological polar surface area (TPSA) is 56.0 Å². The summed E-state index contributed by atoms with van der Waals surface area (Å²) in [6.07, 6.45) is 5.62. The van der Waals surface area contributed by atoms with Crippen LogP contribution in [-0.4, -0.2) is 9.91 Å². The highest BCUT2D eigenvalue weighted by atomic mass is 19.1. The van der Waals surface area contributed by atoms with Gasteiger partial charge in [0.2, 0.25) is 0 Å². The molecule has 5 heteroatoms. The van der Waals surface area contributed by atoms with Crippen molar-refractivity contribution in [3.05, 3.63) is 69.8 Å². The summed E-state index contributed by atoms with van der Waals surface area (Å²) in [5.41, 5.74) is 0.659. The summed E-state index contributed by atoms with van der Waals surface area (Å²) in [6, 6.07) is 7.72. The van der Waals surface area contributed by atoms with Crippen LogP contribution in [-0.2, 0) is 0 Å². The maximum absolute atomic E-state index is 13.4. The van der Waals surface area contributed by atoms with Crippen molar-refractivity contribution in [1.29, 1.82) is 0 Å². The zero-order valence-corrected chi connectivity index (χ0v) is 9.29. The van der Waals surface area contributed by atoms with Crippen molar-refractivity contribution in [1.82, 2.24) is 4.98 Å². The molecule has 0 radical (unpaired) electrons. The van der Waals surface area contributed by atoms with E-state index in [1.807, 2.05) is 0 Å². The van der Waals surface area contributed by atoms with Crippen LogP contribution in [0.25, 0.3) is 12.2 Å². The second kappa shape index (κ2) is 5.18. The van der Waals surface area contributed by atoms with Gasteiger partial charge in [-0.2, -0.15) is 0 Å². The van der Waals surface area contributed by atoms with Gasteiger partial charge in [0.25, 0.3) is 5.69 Å². The molecule has 0 amide bonds. The molecule has 90 valence electrons.